The smallest absolute Gasteiger partial charge is 0.143 e. The molecule has 51 heavy (non-hydrogen) atoms. The van der Waals surface area contributed by atoms with Crippen molar-refractivity contribution in [3.05, 3.63) is 144 Å². The third-order valence-corrected chi connectivity index (χ3v) is 13.4. The number of hydrogen-bond donors (Lipinski definition) is 0. The highest BCUT2D eigenvalue weighted by molar-refractivity contribution is 7.26. The minimum atomic E-state index is 0.933. The standard InChI is InChI=1S/C48H28OS2/c1-3-15-32-30(13-1)44(27-21-24-43-37(25-27)29-12-6-9-19-41(29)50-43)31-14-2-4-16-33(31)45(32)39-26-38-34(46-36-17-7-10-20-42(36)51-48(39)46)22-23-35-28-11-5-8-18-40(28)49-47(35)38/h1,3,5-26H,2,4H2. The van der Waals surface area contributed by atoms with E-state index < -0.39 is 0 Å². The van der Waals surface area contributed by atoms with E-state index in [1.165, 1.54) is 100.0 Å². The van der Waals surface area contributed by atoms with E-state index in [-0.39, 0.29) is 0 Å². The number of fused-ring (bicyclic) bond motifs is 14. The first-order valence-corrected chi connectivity index (χ1v) is 19.3. The van der Waals surface area contributed by atoms with Crippen LogP contribution >= 0.6 is 22.7 Å². The summed E-state index contributed by atoms with van der Waals surface area (Å²) in [5.41, 5.74) is 7.14. The molecule has 1 aliphatic carbocycles. The third-order valence-electron chi connectivity index (χ3n) is 11.1. The molecule has 3 heteroatoms. The fraction of sp³-hybridized carbons (Fsp3) is 0.0417. The van der Waals surface area contributed by atoms with Crippen LogP contribution in [0.4, 0.5) is 0 Å². The Bertz CT molecular complexity index is 3430. The number of hydrogen-bond acceptors (Lipinski definition) is 3. The first kappa shape index (κ1) is 28.0. The van der Waals surface area contributed by atoms with Crippen LogP contribution in [0.2, 0.25) is 0 Å². The molecule has 0 saturated carbocycles. The molecule has 3 aromatic heterocycles. The molecule has 8 aromatic carbocycles. The first-order chi connectivity index (χ1) is 25.3. The SMILES string of the molecule is C1=c2c(-c3ccc4sc5ccccc5c4c3)c3ccccc3c(-c3cc4c(ccc5c6ccccc6oc54)c4c3sc3ccccc34)c2=CCC1. The van der Waals surface area contributed by atoms with Crippen molar-refractivity contribution in [3.63, 3.8) is 0 Å². The summed E-state index contributed by atoms with van der Waals surface area (Å²) in [6.07, 6.45) is 7.07. The summed E-state index contributed by atoms with van der Waals surface area (Å²) in [5, 5.41) is 15.4. The van der Waals surface area contributed by atoms with Gasteiger partial charge >= 0.3 is 0 Å². The van der Waals surface area contributed by atoms with Gasteiger partial charge in [-0.2, -0.15) is 0 Å². The predicted octanol–water partition coefficient (Wildman–Crippen LogP) is 13.3. The molecule has 238 valence electrons. The maximum Gasteiger partial charge on any atom is 0.143 e. The quantitative estimate of drug-likeness (QED) is 0.177. The number of rotatable bonds is 2. The van der Waals surface area contributed by atoms with Crippen LogP contribution in [0.3, 0.4) is 0 Å². The lowest BCUT2D eigenvalue weighted by atomic mass is 9.85. The Kier molecular flexibility index (Phi) is 5.71. The van der Waals surface area contributed by atoms with E-state index in [0.29, 0.717) is 0 Å². The van der Waals surface area contributed by atoms with Crippen molar-refractivity contribution >= 4 is 119 Å². The molecular formula is C48H28OS2. The topological polar surface area (TPSA) is 13.1 Å². The van der Waals surface area contributed by atoms with Crippen molar-refractivity contribution in [1.29, 1.82) is 0 Å². The minimum Gasteiger partial charge on any atom is -0.455 e. The van der Waals surface area contributed by atoms with Crippen LogP contribution in [0, 0.1) is 0 Å². The predicted molar refractivity (Wildman–Crippen MR) is 223 cm³/mol. The Balaban J connectivity index is 1.25. The van der Waals surface area contributed by atoms with E-state index in [9.17, 15) is 0 Å². The van der Waals surface area contributed by atoms with Gasteiger partial charge in [0, 0.05) is 62.1 Å². The normalized spacial score (nSPS) is 13.3. The largest absolute Gasteiger partial charge is 0.455 e. The average Bonchev–Trinajstić information content (AvgIpc) is 3.88. The van der Waals surface area contributed by atoms with Crippen molar-refractivity contribution in [1.82, 2.24) is 0 Å². The minimum absolute atomic E-state index is 0.933. The van der Waals surface area contributed by atoms with E-state index in [0.717, 1.165) is 29.4 Å². The summed E-state index contributed by atoms with van der Waals surface area (Å²) in [6.45, 7) is 0. The molecule has 0 saturated heterocycles. The highest BCUT2D eigenvalue weighted by Crippen LogP contribution is 2.48. The first-order valence-electron chi connectivity index (χ1n) is 17.7. The Labute approximate surface area is 300 Å². The molecule has 0 fully saturated rings. The zero-order chi connectivity index (χ0) is 33.2. The lowest BCUT2D eigenvalue weighted by molar-refractivity contribution is 0.672. The van der Waals surface area contributed by atoms with Crippen molar-refractivity contribution in [2.75, 3.05) is 0 Å². The van der Waals surface area contributed by atoms with Crippen molar-refractivity contribution in [2.24, 2.45) is 0 Å². The summed E-state index contributed by atoms with van der Waals surface area (Å²) in [4.78, 5) is 0. The molecule has 0 aliphatic heterocycles. The van der Waals surface area contributed by atoms with Crippen LogP contribution in [0.25, 0.3) is 118 Å². The molecule has 0 amide bonds. The summed E-state index contributed by atoms with van der Waals surface area (Å²) >= 11 is 3.80. The molecular weight excluding hydrogens is 657 g/mol. The second-order valence-corrected chi connectivity index (χ2v) is 15.9. The summed E-state index contributed by atoms with van der Waals surface area (Å²) in [5.74, 6) is 0. The molecule has 0 atom stereocenters. The molecule has 1 nitrogen and oxygen atoms in total. The Hall–Kier alpha value is -5.74. The molecule has 3 heterocycles. The van der Waals surface area contributed by atoms with Gasteiger partial charge in [0.1, 0.15) is 11.2 Å². The number of benzene rings is 8. The van der Waals surface area contributed by atoms with Gasteiger partial charge in [-0.15, -0.1) is 22.7 Å². The molecule has 0 unspecified atom stereocenters. The zero-order valence-electron chi connectivity index (χ0n) is 27.5. The van der Waals surface area contributed by atoms with Gasteiger partial charge in [0.15, 0.2) is 0 Å². The van der Waals surface area contributed by atoms with E-state index in [4.69, 9.17) is 4.42 Å². The molecule has 0 N–H and O–H groups in total. The van der Waals surface area contributed by atoms with Gasteiger partial charge in [-0.3, -0.25) is 0 Å². The average molecular weight is 685 g/mol. The monoisotopic (exact) mass is 684 g/mol. The second kappa shape index (κ2) is 10.4. The number of furan rings is 1. The van der Waals surface area contributed by atoms with Gasteiger partial charge < -0.3 is 4.42 Å². The van der Waals surface area contributed by atoms with Gasteiger partial charge in [0.2, 0.25) is 0 Å². The van der Waals surface area contributed by atoms with E-state index >= 15 is 0 Å². The molecule has 0 radical (unpaired) electrons. The maximum atomic E-state index is 6.72. The second-order valence-electron chi connectivity index (χ2n) is 13.8. The zero-order valence-corrected chi connectivity index (χ0v) is 29.1. The van der Waals surface area contributed by atoms with Gasteiger partial charge in [-0.1, -0.05) is 103 Å². The van der Waals surface area contributed by atoms with Gasteiger partial charge in [-0.25, -0.2) is 0 Å². The Morgan fingerprint density at radius 3 is 1.88 bits per heavy atom. The van der Waals surface area contributed by atoms with Crippen LogP contribution in [0.5, 0.6) is 0 Å². The van der Waals surface area contributed by atoms with Crippen LogP contribution in [-0.2, 0) is 0 Å². The van der Waals surface area contributed by atoms with Gasteiger partial charge in [0.25, 0.3) is 0 Å². The molecule has 0 bridgehead atoms. The fourth-order valence-corrected chi connectivity index (χ4v) is 11.2. The lowest BCUT2D eigenvalue weighted by Crippen LogP contribution is -2.31. The fourth-order valence-electron chi connectivity index (χ4n) is 8.91. The maximum absolute atomic E-state index is 6.72. The van der Waals surface area contributed by atoms with Crippen molar-refractivity contribution in [2.45, 2.75) is 12.8 Å². The Morgan fingerprint density at radius 1 is 0.431 bits per heavy atom. The molecule has 1 aliphatic rings. The van der Waals surface area contributed by atoms with Gasteiger partial charge in [-0.05, 0) is 98.6 Å². The number of para-hydroxylation sites is 1. The van der Waals surface area contributed by atoms with Crippen LogP contribution in [0.1, 0.15) is 12.8 Å². The van der Waals surface area contributed by atoms with Crippen molar-refractivity contribution < 1.29 is 4.42 Å². The highest BCUT2D eigenvalue weighted by atomic mass is 32.1. The molecule has 11 aromatic rings. The van der Waals surface area contributed by atoms with Crippen LogP contribution in [-0.4, -0.2) is 0 Å². The molecule has 0 spiro atoms. The Morgan fingerprint density at radius 2 is 1.06 bits per heavy atom. The van der Waals surface area contributed by atoms with E-state index in [2.05, 4.69) is 146 Å². The van der Waals surface area contributed by atoms with Gasteiger partial charge in [0.05, 0.1) is 0 Å². The molecule has 12 rings (SSSR count). The van der Waals surface area contributed by atoms with Crippen LogP contribution in [0.15, 0.2) is 138 Å². The third kappa shape index (κ3) is 3.85. The van der Waals surface area contributed by atoms with Crippen LogP contribution < -0.4 is 10.4 Å². The van der Waals surface area contributed by atoms with E-state index in [1.54, 1.807) is 0 Å². The summed E-state index contributed by atoms with van der Waals surface area (Å²) < 4.78 is 12.1. The lowest BCUT2D eigenvalue weighted by Gasteiger charge is -2.19. The van der Waals surface area contributed by atoms with Crippen molar-refractivity contribution in [3.8, 4) is 22.3 Å². The van der Waals surface area contributed by atoms with E-state index in [1.807, 2.05) is 22.7 Å². The summed E-state index contributed by atoms with van der Waals surface area (Å²) in [7, 11) is 0. The summed E-state index contributed by atoms with van der Waals surface area (Å²) in [6, 6.07) is 49.4. The highest BCUT2D eigenvalue weighted by Gasteiger charge is 2.23. The number of thiophene rings is 2.